The lowest BCUT2D eigenvalue weighted by Gasteiger charge is -2.48. The summed E-state index contributed by atoms with van der Waals surface area (Å²) in [4.78, 5) is 2.28. The average molecular weight is 329 g/mol. The van der Waals surface area contributed by atoms with Crippen LogP contribution in [0.1, 0.15) is 30.0 Å². The Bertz CT molecular complexity index is 559. The van der Waals surface area contributed by atoms with Gasteiger partial charge in [-0.25, -0.2) is 0 Å². The molecule has 1 heterocycles. The monoisotopic (exact) mass is 327 g/mol. The smallest absolute Gasteiger partial charge is 0.209 e. The molecule has 3 rings (SSSR count). The van der Waals surface area contributed by atoms with Crippen molar-refractivity contribution in [1.82, 2.24) is 4.90 Å². The number of halogens is 3. The predicted octanol–water partition coefficient (Wildman–Crippen LogP) is 5.01. The van der Waals surface area contributed by atoms with Crippen LogP contribution >= 0.6 is 34.8 Å². The van der Waals surface area contributed by atoms with Crippen LogP contribution in [0.15, 0.2) is 48.6 Å². The molecule has 1 aliphatic carbocycles. The molecule has 1 aliphatic heterocycles. The molecule has 106 valence electrons. The van der Waals surface area contributed by atoms with E-state index in [-0.39, 0.29) is 12.1 Å². The van der Waals surface area contributed by atoms with Crippen LogP contribution in [-0.2, 0) is 0 Å². The molecule has 3 atom stereocenters. The van der Waals surface area contributed by atoms with Crippen molar-refractivity contribution in [3.05, 3.63) is 59.7 Å². The van der Waals surface area contributed by atoms with Crippen molar-refractivity contribution in [3.8, 4) is 0 Å². The maximum atomic E-state index is 6.29. The van der Waals surface area contributed by atoms with Crippen molar-refractivity contribution < 1.29 is 0 Å². The maximum Gasteiger partial charge on any atom is 0.209 e. The molecule has 1 aromatic rings. The van der Waals surface area contributed by atoms with Gasteiger partial charge in [-0.2, -0.15) is 0 Å². The summed E-state index contributed by atoms with van der Waals surface area (Å²) in [5.41, 5.74) is 2.38. The Morgan fingerprint density at radius 1 is 1.05 bits per heavy atom. The zero-order valence-electron chi connectivity index (χ0n) is 11.1. The van der Waals surface area contributed by atoms with Crippen LogP contribution in [0.2, 0.25) is 0 Å². The summed E-state index contributed by atoms with van der Waals surface area (Å²) < 4.78 is -1.34. The highest BCUT2D eigenvalue weighted by molar-refractivity contribution is 6.68. The SMILES string of the molecule is CCN1[C@@H]2C=CC=C[C@H]2c2ccccc2[C@H]1C(Cl)(Cl)Cl. The van der Waals surface area contributed by atoms with E-state index < -0.39 is 3.79 Å². The van der Waals surface area contributed by atoms with E-state index in [1.807, 2.05) is 6.07 Å². The van der Waals surface area contributed by atoms with Crippen LogP contribution in [0.3, 0.4) is 0 Å². The normalized spacial score (nSPS) is 29.1. The fourth-order valence-corrected chi connectivity index (χ4v) is 4.10. The third-order valence-electron chi connectivity index (χ3n) is 4.15. The molecule has 0 bridgehead atoms. The lowest BCUT2D eigenvalue weighted by atomic mass is 9.78. The van der Waals surface area contributed by atoms with E-state index in [0.717, 1.165) is 12.1 Å². The Morgan fingerprint density at radius 3 is 2.35 bits per heavy atom. The summed E-state index contributed by atoms with van der Waals surface area (Å²) >= 11 is 18.9. The zero-order chi connectivity index (χ0) is 14.3. The Balaban J connectivity index is 2.19. The third kappa shape index (κ3) is 2.31. The number of benzene rings is 1. The summed E-state index contributed by atoms with van der Waals surface area (Å²) in [6, 6.07) is 8.32. The fourth-order valence-electron chi connectivity index (χ4n) is 3.37. The summed E-state index contributed by atoms with van der Waals surface area (Å²) in [5, 5.41) is 0. The molecule has 0 N–H and O–H groups in total. The first-order valence-electron chi connectivity index (χ1n) is 6.80. The first-order valence-corrected chi connectivity index (χ1v) is 7.93. The molecule has 0 spiro atoms. The summed E-state index contributed by atoms with van der Waals surface area (Å²) in [6.07, 6.45) is 8.61. The molecule has 1 aromatic carbocycles. The molecule has 0 saturated heterocycles. The number of likely N-dealkylation sites (N-methyl/N-ethyl adjacent to an activating group) is 1. The zero-order valence-corrected chi connectivity index (χ0v) is 13.4. The van der Waals surface area contributed by atoms with E-state index in [1.165, 1.54) is 5.56 Å². The molecule has 4 heteroatoms. The number of nitrogens with zero attached hydrogens (tertiary/aromatic N) is 1. The van der Waals surface area contributed by atoms with Crippen LogP contribution in [0, 0.1) is 0 Å². The number of alkyl halides is 3. The molecular weight excluding hydrogens is 313 g/mol. The largest absolute Gasteiger partial charge is 0.285 e. The molecule has 0 amide bonds. The molecule has 0 aromatic heterocycles. The van der Waals surface area contributed by atoms with Crippen LogP contribution in [0.5, 0.6) is 0 Å². The Hall–Kier alpha value is -0.470. The van der Waals surface area contributed by atoms with E-state index in [0.29, 0.717) is 5.92 Å². The Kier molecular flexibility index (Phi) is 3.89. The van der Waals surface area contributed by atoms with Crippen molar-refractivity contribution in [1.29, 1.82) is 0 Å². The number of fused-ring (bicyclic) bond motifs is 3. The number of hydrogen-bond donors (Lipinski definition) is 0. The maximum absolute atomic E-state index is 6.29. The van der Waals surface area contributed by atoms with Gasteiger partial charge in [-0.05, 0) is 17.7 Å². The second-order valence-electron chi connectivity index (χ2n) is 5.19. The minimum atomic E-state index is -1.34. The molecule has 2 aliphatic rings. The van der Waals surface area contributed by atoms with Gasteiger partial charge in [-0.15, -0.1) is 0 Å². The van der Waals surface area contributed by atoms with Gasteiger partial charge >= 0.3 is 0 Å². The van der Waals surface area contributed by atoms with Gasteiger partial charge in [0.2, 0.25) is 3.79 Å². The Morgan fingerprint density at radius 2 is 1.70 bits per heavy atom. The summed E-state index contributed by atoms with van der Waals surface area (Å²) in [6.45, 7) is 2.95. The lowest BCUT2D eigenvalue weighted by Crippen LogP contribution is -2.49. The van der Waals surface area contributed by atoms with E-state index >= 15 is 0 Å². The highest BCUT2D eigenvalue weighted by Gasteiger charge is 2.46. The molecule has 20 heavy (non-hydrogen) atoms. The quantitative estimate of drug-likeness (QED) is 0.655. The van der Waals surface area contributed by atoms with Crippen LogP contribution in [0.25, 0.3) is 0 Å². The van der Waals surface area contributed by atoms with E-state index in [1.54, 1.807) is 0 Å². The Labute approximate surface area is 134 Å². The minimum absolute atomic E-state index is 0.217. The van der Waals surface area contributed by atoms with E-state index in [9.17, 15) is 0 Å². The number of rotatable bonds is 1. The number of hydrogen-bond acceptors (Lipinski definition) is 1. The van der Waals surface area contributed by atoms with Crippen molar-refractivity contribution in [2.24, 2.45) is 0 Å². The molecule has 0 radical (unpaired) electrons. The second kappa shape index (κ2) is 5.38. The molecular formula is C16H16Cl3N. The predicted molar refractivity (Wildman–Crippen MR) is 86.7 cm³/mol. The van der Waals surface area contributed by atoms with Gasteiger partial charge in [0, 0.05) is 12.0 Å². The van der Waals surface area contributed by atoms with Gasteiger partial charge in [0.25, 0.3) is 0 Å². The van der Waals surface area contributed by atoms with Crippen LogP contribution in [0.4, 0.5) is 0 Å². The highest BCUT2D eigenvalue weighted by Crippen LogP contribution is 2.51. The van der Waals surface area contributed by atoms with Crippen molar-refractivity contribution in [2.75, 3.05) is 6.54 Å². The van der Waals surface area contributed by atoms with Gasteiger partial charge in [0.1, 0.15) is 0 Å². The minimum Gasteiger partial charge on any atom is -0.285 e. The van der Waals surface area contributed by atoms with Gasteiger partial charge in [0.15, 0.2) is 0 Å². The second-order valence-corrected chi connectivity index (χ2v) is 7.56. The summed E-state index contributed by atoms with van der Waals surface area (Å²) in [5.74, 6) is 0.333. The third-order valence-corrected chi connectivity index (χ3v) is 4.77. The van der Waals surface area contributed by atoms with Gasteiger partial charge < -0.3 is 0 Å². The highest BCUT2D eigenvalue weighted by atomic mass is 35.6. The topological polar surface area (TPSA) is 3.24 Å². The fraction of sp³-hybridized carbons (Fsp3) is 0.375. The number of allylic oxidation sites excluding steroid dienone is 2. The van der Waals surface area contributed by atoms with E-state index in [4.69, 9.17) is 34.8 Å². The molecule has 0 saturated carbocycles. The summed E-state index contributed by atoms with van der Waals surface area (Å²) in [7, 11) is 0. The lowest BCUT2D eigenvalue weighted by molar-refractivity contribution is 0.142. The van der Waals surface area contributed by atoms with Crippen molar-refractivity contribution >= 4 is 34.8 Å². The molecule has 0 fully saturated rings. The van der Waals surface area contributed by atoms with Gasteiger partial charge in [-0.3, -0.25) is 4.90 Å². The first kappa shape index (κ1) is 14.5. The van der Waals surface area contributed by atoms with Gasteiger partial charge in [0.05, 0.1) is 6.04 Å². The van der Waals surface area contributed by atoms with Crippen LogP contribution < -0.4 is 0 Å². The van der Waals surface area contributed by atoms with Gasteiger partial charge in [-0.1, -0.05) is 90.3 Å². The van der Waals surface area contributed by atoms with Crippen molar-refractivity contribution in [2.45, 2.75) is 28.7 Å². The average Bonchev–Trinajstić information content (AvgIpc) is 2.44. The molecule has 1 nitrogen and oxygen atoms in total. The molecule has 0 unspecified atom stereocenters. The van der Waals surface area contributed by atoms with Crippen LogP contribution in [-0.4, -0.2) is 21.3 Å². The standard InChI is InChI=1S/C16H16Cl3N/c1-2-20-14-10-6-5-8-12(14)11-7-3-4-9-13(11)15(20)16(17,18)19/h3-10,12,14-15H,2H2,1H3/t12-,14+,15-/m0/s1. The van der Waals surface area contributed by atoms with Crippen molar-refractivity contribution in [3.63, 3.8) is 0 Å². The first-order chi connectivity index (χ1) is 9.54. The van der Waals surface area contributed by atoms with E-state index in [2.05, 4.69) is 54.3 Å².